The summed E-state index contributed by atoms with van der Waals surface area (Å²) in [5.41, 5.74) is 2.15. The van der Waals surface area contributed by atoms with Crippen molar-refractivity contribution in [3.05, 3.63) is 23.4 Å². The summed E-state index contributed by atoms with van der Waals surface area (Å²) >= 11 is 5.55. The van der Waals surface area contributed by atoms with E-state index in [1.54, 1.807) is 0 Å². The van der Waals surface area contributed by atoms with E-state index in [-0.39, 0.29) is 5.92 Å². The molecule has 0 unspecified atom stereocenters. The summed E-state index contributed by atoms with van der Waals surface area (Å²) in [5, 5.41) is 3.96. The van der Waals surface area contributed by atoms with Crippen LogP contribution < -0.4 is 5.32 Å². The summed E-state index contributed by atoms with van der Waals surface area (Å²) in [6.45, 7) is 7.59. The number of rotatable bonds is 2. The first-order valence-electron chi connectivity index (χ1n) is 9.33. The highest BCUT2D eigenvalue weighted by Crippen LogP contribution is 2.22. The van der Waals surface area contributed by atoms with Gasteiger partial charge in [-0.05, 0) is 75.9 Å². The molecular weight excluding hydrogens is 332 g/mol. The van der Waals surface area contributed by atoms with Crippen LogP contribution in [0.25, 0.3) is 0 Å². The van der Waals surface area contributed by atoms with Gasteiger partial charge in [0.25, 0.3) is 0 Å². The highest BCUT2D eigenvalue weighted by atomic mass is 32.1. The first kappa shape index (κ1) is 18.1. The number of amides is 1. The molecule has 3 rings (SSSR count). The normalized spacial score (nSPS) is 19.0. The summed E-state index contributed by atoms with van der Waals surface area (Å²) < 4.78 is 0. The topological polar surface area (TPSA) is 48.5 Å². The van der Waals surface area contributed by atoms with E-state index in [2.05, 4.69) is 27.0 Å². The lowest BCUT2D eigenvalue weighted by Crippen LogP contribution is -2.46. The largest absolute Gasteiger partial charge is 0.349 e. The van der Waals surface area contributed by atoms with Crippen molar-refractivity contribution in [1.82, 2.24) is 14.8 Å². The van der Waals surface area contributed by atoms with Crippen LogP contribution in [0.4, 0.5) is 5.82 Å². The molecule has 1 amide bonds. The number of thiocarbonyl (C=S) groups is 1. The fourth-order valence-electron chi connectivity index (χ4n) is 3.80. The number of pyridine rings is 1. The number of nitrogens with one attached hydrogen (secondary N) is 1. The molecule has 0 saturated carbocycles. The van der Waals surface area contributed by atoms with Gasteiger partial charge in [0.2, 0.25) is 5.91 Å². The predicted molar refractivity (Wildman–Crippen MR) is 105 cm³/mol. The summed E-state index contributed by atoms with van der Waals surface area (Å²) in [6, 6.07) is 4.05. The van der Waals surface area contributed by atoms with Crippen LogP contribution in [0.1, 0.15) is 43.4 Å². The summed E-state index contributed by atoms with van der Waals surface area (Å²) in [7, 11) is 0. The van der Waals surface area contributed by atoms with Gasteiger partial charge in [-0.1, -0.05) is 0 Å². The third kappa shape index (κ3) is 4.69. The highest BCUT2D eigenvalue weighted by Gasteiger charge is 2.29. The van der Waals surface area contributed by atoms with E-state index >= 15 is 0 Å². The molecule has 6 heteroatoms. The van der Waals surface area contributed by atoms with Crippen molar-refractivity contribution in [2.75, 3.05) is 31.5 Å². The second kappa shape index (κ2) is 8.13. The minimum absolute atomic E-state index is 0.163. The van der Waals surface area contributed by atoms with Gasteiger partial charge >= 0.3 is 0 Å². The zero-order valence-corrected chi connectivity index (χ0v) is 16.1. The molecule has 0 bridgehead atoms. The Balaban J connectivity index is 1.51. The number of nitrogens with zero attached hydrogens (tertiary/aromatic N) is 3. The van der Waals surface area contributed by atoms with E-state index < -0.39 is 0 Å². The average molecular weight is 361 g/mol. The first-order valence-corrected chi connectivity index (χ1v) is 9.74. The minimum Gasteiger partial charge on any atom is -0.349 e. The summed E-state index contributed by atoms with van der Waals surface area (Å²) in [5.74, 6) is 1.32. The summed E-state index contributed by atoms with van der Waals surface area (Å²) in [6.07, 6.45) is 5.34. The molecule has 3 heterocycles. The maximum absolute atomic E-state index is 12.6. The van der Waals surface area contributed by atoms with Gasteiger partial charge in [0.05, 0.1) is 0 Å². The Kier molecular flexibility index (Phi) is 5.89. The van der Waals surface area contributed by atoms with Crippen molar-refractivity contribution in [2.45, 2.75) is 46.0 Å². The Labute approximate surface area is 155 Å². The lowest BCUT2D eigenvalue weighted by molar-refractivity contribution is -0.137. The second-order valence-corrected chi connectivity index (χ2v) is 7.64. The zero-order chi connectivity index (χ0) is 17.8. The molecule has 2 aliphatic heterocycles. The number of likely N-dealkylation sites (tertiary alicyclic amines) is 2. The van der Waals surface area contributed by atoms with Crippen LogP contribution in [0, 0.1) is 19.8 Å². The summed E-state index contributed by atoms with van der Waals surface area (Å²) in [4.78, 5) is 21.4. The van der Waals surface area contributed by atoms with Crippen LogP contribution >= 0.6 is 12.2 Å². The van der Waals surface area contributed by atoms with Gasteiger partial charge in [-0.25, -0.2) is 4.98 Å². The van der Waals surface area contributed by atoms with Crippen molar-refractivity contribution in [3.8, 4) is 0 Å². The van der Waals surface area contributed by atoms with E-state index in [4.69, 9.17) is 12.2 Å². The number of hydrogen-bond acceptors (Lipinski definition) is 3. The Morgan fingerprint density at radius 3 is 2.40 bits per heavy atom. The van der Waals surface area contributed by atoms with E-state index in [0.29, 0.717) is 11.0 Å². The average Bonchev–Trinajstić information content (AvgIpc) is 2.61. The predicted octanol–water partition coefficient (Wildman–Crippen LogP) is 3.12. The molecule has 2 fully saturated rings. The third-order valence-corrected chi connectivity index (χ3v) is 5.49. The van der Waals surface area contributed by atoms with Gasteiger partial charge in [0.15, 0.2) is 5.11 Å². The minimum atomic E-state index is 0.163. The van der Waals surface area contributed by atoms with Gasteiger partial charge in [-0.15, -0.1) is 0 Å². The molecule has 2 saturated heterocycles. The zero-order valence-electron chi connectivity index (χ0n) is 15.3. The monoisotopic (exact) mass is 360 g/mol. The van der Waals surface area contributed by atoms with Gasteiger partial charge < -0.3 is 15.1 Å². The number of carbonyl (C=O) groups is 1. The number of anilines is 1. The van der Waals surface area contributed by atoms with Crippen LogP contribution in [0.5, 0.6) is 0 Å². The number of carbonyl (C=O) groups excluding carboxylic acids is 1. The lowest BCUT2D eigenvalue weighted by atomic mass is 9.94. The Bertz CT molecular complexity index is 614. The Hall–Kier alpha value is -1.69. The molecule has 136 valence electrons. The molecule has 0 spiro atoms. The van der Waals surface area contributed by atoms with Gasteiger partial charge in [0.1, 0.15) is 5.82 Å². The molecule has 0 aliphatic carbocycles. The second-order valence-electron chi connectivity index (χ2n) is 7.25. The van der Waals surface area contributed by atoms with Crippen LogP contribution in [0.2, 0.25) is 0 Å². The number of hydrogen-bond donors (Lipinski definition) is 1. The van der Waals surface area contributed by atoms with E-state index in [1.807, 2.05) is 19.1 Å². The van der Waals surface area contributed by atoms with Crippen molar-refractivity contribution < 1.29 is 4.79 Å². The fraction of sp³-hybridized carbons (Fsp3) is 0.632. The van der Waals surface area contributed by atoms with Crippen molar-refractivity contribution >= 4 is 29.1 Å². The fourth-order valence-corrected chi connectivity index (χ4v) is 4.08. The third-order valence-electron chi connectivity index (χ3n) is 5.13. The molecule has 1 aromatic heterocycles. The molecule has 5 nitrogen and oxygen atoms in total. The van der Waals surface area contributed by atoms with E-state index in [9.17, 15) is 4.79 Å². The van der Waals surface area contributed by atoms with Crippen molar-refractivity contribution in [3.63, 3.8) is 0 Å². The maximum Gasteiger partial charge on any atom is 0.225 e. The molecular formula is C19H28N4OS. The Morgan fingerprint density at radius 1 is 1.08 bits per heavy atom. The van der Waals surface area contributed by atoms with E-state index in [1.165, 1.54) is 12.0 Å². The molecule has 0 atom stereocenters. The van der Waals surface area contributed by atoms with Gasteiger partial charge in [-0.3, -0.25) is 4.79 Å². The lowest BCUT2D eigenvalue weighted by Gasteiger charge is -2.36. The highest BCUT2D eigenvalue weighted by molar-refractivity contribution is 7.80. The molecule has 0 radical (unpaired) electrons. The smallest absolute Gasteiger partial charge is 0.225 e. The van der Waals surface area contributed by atoms with Crippen LogP contribution in [-0.4, -0.2) is 52.0 Å². The number of aryl methyl sites for hydroxylation is 2. The van der Waals surface area contributed by atoms with Crippen LogP contribution in [0.15, 0.2) is 12.1 Å². The van der Waals surface area contributed by atoms with Gasteiger partial charge in [0, 0.05) is 37.8 Å². The molecule has 1 aromatic rings. The molecule has 25 heavy (non-hydrogen) atoms. The SMILES string of the molecule is Cc1cc(C)nc(NC(=S)N2CCC(C(=O)N3CCCCC3)CC2)c1. The maximum atomic E-state index is 12.6. The van der Waals surface area contributed by atoms with Crippen molar-refractivity contribution in [2.24, 2.45) is 5.92 Å². The number of piperidine rings is 2. The molecule has 2 aliphatic rings. The first-order chi connectivity index (χ1) is 12.0. The van der Waals surface area contributed by atoms with E-state index in [0.717, 1.165) is 63.4 Å². The molecule has 0 aromatic carbocycles. The molecule has 1 N–H and O–H groups in total. The van der Waals surface area contributed by atoms with Gasteiger partial charge in [-0.2, -0.15) is 0 Å². The van der Waals surface area contributed by atoms with Crippen LogP contribution in [0.3, 0.4) is 0 Å². The Morgan fingerprint density at radius 2 is 1.76 bits per heavy atom. The standard InChI is InChI=1S/C19H28N4OS/c1-14-12-15(2)20-17(13-14)21-19(25)23-10-6-16(7-11-23)18(24)22-8-4-3-5-9-22/h12-13,16H,3-11H2,1-2H3,(H,20,21,25). The number of aromatic nitrogens is 1. The van der Waals surface area contributed by atoms with Crippen molar-refractivity contribution in [1.29, 1.82) is 0 Å². The van der Waals surface area contributed by atoms with Crippen LogP contribution in [-0.2, 0) is 4.79 Å². The quantitative estimate of drug-likeness (QED) is 0.821.